The number of pyridine rings is 1. The smallest absolute Gasteiger partial charge is 0.436 e. The maximum Gasteiger partial charge on any atom is 0.436 e. The SMILES string of the molecule is Cc1cc2cc(N(C)C(=O)c3cccc(-n4nc(C(F)(F)F)c(Cl)c4COc4ccc(C(=O)O)cc4)c3)ccn2n1. The summed E-state index contributed by atoms with van der Waals surface area (Å²) in [6, 6.07) is 16.7. The second-order valence-electron chi connectivity index (χ2n) is 9.09. The summed E-state index contributed by atoms with van der Waals surface area (Å²) in [5.41, 5.74) is 1.16. The molecule has 0 atom stereocenters. The van der Waals surface area contributed by atoms with Gasteiger partial charge < -0.3 is 14.7 Å². The number of hydrogen-bond donors (Lipinski definition) is 1. The van der Waals surface area contributed by atoms with Gasteiger partial charge in [0.25, 0.3) is 5.91 Å². The van der Waals surface area contributed by atoms with Crippen LogP contribution in [0.4, 0.5) is 18.9 Å². The highest BCUT2D eigenvalue weighted by Gasteiger charge is 2.39. The number of aromatic carboxylic acids is 1. The van der Waals surface area contributed by atoms with Crippen molar-refractivity contribution in [1.82, 2.24) is 19.4 Å². The van der Waals surface area contributed by atoms with Gasteiger partial charge in [-0.3, -0.25) is 4.79 Å². The third-order valence-corrected chi connectivity index (χ3v) is 6.66. The number of benzene rings is 2. The fourth-order valence-electron chi connectivity index (χ4n) is 4.20. The van der Waals surface area contributed by atoms with Crippen LogP contribution < -0.4 is 9.64 Å². The molecule has 3 heterocycles. The molecular formula is C28H21ClF3N5O4. The number of hydrogen-bond acceptors (Lipinski definition) is 5. The Bertz CT molecular complexity index is 1780. The highest BCUT2D eigenvalue weighted by Crippen LogP contribution is 2.37. The lowest BCUT2D eigenvalue weighted by Crippen LogP contribution is -2.26. The van der Waals surface area contributed by atoms with E-state index in [4.69, 9.17) is 21.4 Å². The van der Waals surface area contributed by atoms with Gasteiger partial charge in [-0.1, -0.05) is 17.7 Å². The van der Waals surface area contributed by atoms with Crippen LogP contribution in [0.2, 0.25) is 5.02 Å². The van der Waals surface area contributed by atoms with E-state index < -0.39 is 35.4 Å². The number of amides is 1. The molecule has 0 aliphatic heterocycles. The van der Waals surface area contributed by atoms with Crippen molar-refractivity contribution < 1.29 is 32.6 Å². The normalized spacial score (nSPS) is 11.6. The predicted molar refractivity (Wildman–Crippen MR) is 144 cm³/mol. The van der Waals surface area contributed by atoms with Crippen molar-refractivity contribution in [3.05, 3.63) is 106 Å². The molecule has 1 N–H and O–H groups in total. The standard InChI is InChI=1S/C28H21ClF3N5O4/c1-16-12-21-14-19(10-11-36(21)33-16)35(2)26(38)18-4-3-5-20(13-18)37-23(24(29)25(34-37)28(30,31)32)15-41-22-8-6-17(7-9-22)27(39)40/h3-14H,15H2,1-2H3,(H,39,40). The van der Waals surface area contributed by atoms with Crippen LogP contribution in [0.3, 0.4) is 0 Å². The molecular weight excluding hydrogens is 563 g/mol. The molecule has 5 aromatic rings. The zero-order valence-electron chi connectivity index (χ0n) is 21.6. The number of rotatable bonds is 7. The minimum absolute atomic E-state index is 0.0199. The highest BCUT2D eigenvalue weighted by atomic mass is 35.5. The monoisotopic (exact) mass is 583 g/mol. The van der Waals surface area contributed by atoms with Crippen molar-refractivity contribution >= 4 is 34.7 Å². The first-order chi connectivity index (χ1) is 19.4. The number of fused-ring (bicyclic) bond motifs is 1. The zero-order valence-corrected chi connectivity index (χ0v) is 22.3. The summed E-state index contributed by atoms with van der Waals surface area (Å²) in [5.74, 6) is -1.33. The van der Waals surface area contributed by atoms with E-state index in [1.54, 1.807) is 36.0 Å². The molecule has 0 saturated heterocycles. The Kier molecular flexibility index (Phi) is 7.18. The number of anilines is 1. The molecule has 13 heteroatoms. The van der Waals surface area contributed by atoms with Gasteiger partial charge >= 0.3 is 12.1 Å². The number of halogens is 4. The van der Waals surface area contributed by atoms with Gasteiger partial charge in [0, 0.05) is 24.5 Å². The van der Waals surface area contributed by atoms with E-state index in [9.17, 15) is 22.8 Å². The molecule has 3 aromatic heterocycles. The summed E-state index contributed by atoms with van der Waals surface area (Å²) in [4.78, 5) is 25.9. The number of carbonyl (C=O) groups is 2. The minimum Gasteiger partial charge on any atom is -0.487 e. The summed E-state index contributed by atoms with van der Waals surface area (Å²) in [6.45, 7) is 1.43. The van der Waals surface area contributed by atoms with Crippen molar-refractivity contribution in [2.75, 3.05) is 11.9 Å². The summed E-state index contributed by atoms with van der Waals surface area (Å²) >= 11 is 6.14. The van der Waals surface area contributed by atoms with E-state index >= 15 is 0 Å². The van der Waals surface area contributed by atoms with E-state index in [-0.39, 0.29) is 28.3 Å². The second kappa shape index (κ2) is 10.6. The highest BCUT2D eigenvalue weighted by molar-refractivity contribution is 6.32. The molecule has 210 valence electrons. The molecule has 0 saturated carbocycles. The molecule has 0 unspecified atom stereocenters. The average Bonchev–Trinajstić information content (AvgIpc) is 3.49. The summed E-state index contributed by atoms with van der Waals surface area (Å²) in [5, 5.41) is 16.4. The van der Waals surface area contributed by atoms with Gasteiger partial charge in [-0.2, -0.15) is 23.4 Å². The predicted octanol–water partition coefficient (Wildman–Crippen LogP) is 6.05. The molecule has 2 aromatic carbocycles. The number of alkyl halides is 3. The molecule has 1 amide bonds. The van der Waals surface area contributed by atoms with E-state index in [0.717, 1.165) is 15.9 Å². The third kappa shape index (κ3) is 5.59. The largest absolute Gasteiger partial charge is 0.487 e. The first kappa shape index (κ1) is 27.7. The number of ether oxygens (including phenoxy) is 1. The van der Waals surface area contributed by atoms with E-state index in [1.807, 2.05) is 13.0 Å². The summed E-state index contributed by atoms with van der Waals surface area (Å²) in [7, 11) is 1.59. The van der Waals surface area contributed by atoms with E-state index in [1.165, 1.54) is 47.4 Å². The Morgan fingerprint density at radius 2 is 1.76 bits per heavy atom. The lowest BCUT2D eigenvalue weighted by Gasteiger charge is -2.18. The van der Waals surface area contributed by atoms with Gasteiger partial charge in [0.1, 0.15) is 18.1 Å². The van der Waals surface area contributed by atoms with Crippen LogP contribution in [0.1, 0.15) is 37.8 Å². The van der Waals surface area contributed by atoms with E-state index in [2.05, 4.69) is 10.2 Å². The van der Waals surface area contributed by atoms with Crippen LogP contribution in [0.15, 0.2) is 72.9 Å². The zero-order chi connectivity index (χ0) is 29.5. The second-order valence-corrected chi connectivity index (χ2v) is 9.47. The van der Waals surface area contributed by atoms with Crippen molar-refractivity contribution in [1.29, 1.82) is 0 Å². The average molecular weight is 584 g/mol. The van der Waals surface area contributed by atoms with Gasteiger partial charge in [-0.25, -0.2) is 14.0 Å². The lowest BCUT2D eigenvalue weighted by atomic mass is 10.1. The Balaban J connectivity index is 1.46. The number of nitrogens with zero attached hydrogens (tertiary/aromatic N) is 5. The van der Waals surface area contributed by atoms with Crippen LogP contribution >= 0.6 is 11.6 Å². The van der Waals surface area contributed by atoms with Crippen LogP contribution in [-0.2, 0) is 12.8 Å². The molecule has 0 spiro atoms. The molecule has 0 aliphatic rings. The van der Waals surface area contributed by atoms with Crippen molar-refractivity contribution in [2.24, 2.45) is 0 Å². The van der Waals surface area contributed by atoms with Gasteiger partial charge in [-0.05, 0) is 67.6 Å². The third-order valence-electron chi connectivity index (χ3n) is 6.26. The van der Waals surface area contributed by atoms with E-state index in [0.29, 0.717) is 5.69 Å². The Morgan fingerprint density at radius 1 is 1.02 bits per heavy atom. The van der Waals surface area contributed by atoms with Crippen molar-refractivity contribution in [3.63, 3.8) is 0 Å². The van der Waals surface area contributed by atoms with Crippen molar-refractivity contribution in [3.8, 4) is 11.4 Å². The maximum atomic E-state index is 13.7. The number of carboxylic acid groups (broad SMARTS) is 1. The first-order valence-corrected chi connectivity index (χ1v) is 12.5. The number of aromatic nitrogens is 4. The van der Waals surface area contributed by atoms with Gasteiger partial charge in [-0.15, -0.1) is 0 Å². The number of carbonyl (C=O) groups excluding carboxylic acids is 1. The maximum absolute atomic E-state index is 13.7. The molecule has 5 rings (SSSR count). The molecule has 41 heavy (non-hydrogen) atoms. The van der Waals surface area contributed by atoms with Gasteiger partial charge in [0.2, 0.25) is 0 Å². The number of aryl methyl sites for hydroxylation is 1. The van der Waals surface area contributed by atoms with Crippen LogP contribution in [0, 0.1) is 6.92 Å². The lowest BCUT2D eigenvalue weighted by molar-refractivity contribution is -0.141. The molecule has 9 nitrogen and oxygen atoms in total. The van der Waals surface area contributed by atoms with Crippen LogP contribution in [0.5, 0.6) is 5.75 Å². The Morgan fingerprint density at radius 3 is 2.44 bits per heavy atom. The topological polar surface area (TPSA) is 102 Å². The quantitative estimate of drug-likeness (QED) is 0.250. The molecule has 0 radical (unpaired) electrons. The first-order valence-electron chi connectivity index (χ1n) is 12.1. The fraction of sp³-hybridized carbons (Fsp3) is 0.143. The van der Waals surface area contributed by atoms with Crippen molar-refractivity contribution in [2.45, 2.75) is 19.7 Å². The summed E-state index contributed by atoms with van der Waals surface area (Å²) in [6.07, 6.45) is -3.12. The van der Waals surface area contributed by atoms with Crippen LogP contribution in [0.25, 0.3) is 11.2 Å². The van der Waals surface area contributed by atoms with Crippen LogP contribution in [-0.4, -0.2) is 43.4 Å². The minimum atomic E-state index is -4.85. The van der Waals surface area contributed by atoms with Gasteiger partial charge in [0.05, 0.1) is 27.5 Å². The Labute approximate surface area is 235 Å². The molecule has 0 bridgehead atoms. The number of carboxylic acids is 1. The summed E-state index contributed by atoms with van der Waals surface area (Å²) < 4.78 is 49.5. The molecule has 0 fully saturated rings. The van der Waals surface area contributed by atoms with Gasteiger partial charge in [0.15, 0.2) is 5.69 Å². The molecule has 0 aliphatic carbocycles. The fourth-order valence-corrected chi connectivity index (χ4v) is 4.48. The Hall–Kier alpha value is -4.84.